The van der Waals surface area contributed by atoms with E-state index in [1.807, 2.05) is 12.1 Å². The molecule has 1 heterocycles. The molecule has 2 aromatic carbocycles. The molecule has 1 aliphatic heterocycles. The van der Waals surface area contributed by atoms with Crippen LogP contribution in [0.5, 0.6) is 0 Å². The average Bonchev–Trinajstić information content (AvgIpc) is 2.59. The zero-order chi connectivity index (χ0) is 16.6. The van der Waals surface area contributed by atoms with Crippen molar-refractivity contribution in [1.29, 1.82) is 0 Å². The molecule has 23 heavy (non-hydrogen) atoms. The van der Waals surface area contributed by atoms with Gasteiger partial charge >= 0.3 is 0 Å². The summed E-state index contributed by atoms with van der Waals surface area (Å²) in [4.78, 5) is 2.09. The van der Waals surface area contributed by atoms with Crippen molar-refractivity contribution < 1.29 is 4.55 Å². The molecule has 0 N–H and O–H groups in total. The summed E-state index contributed by atoms with van der Waals surface area (Å²) in [5, 5.41) is 0. The monoisotopic (exact) mass is 326 g/mol. The normalized spacial score (nSPS) is 18.9. The largest absolute Gasteiger partial charge is 0.606 e. The van der Waals surface area contributed by atoms with Gasteiger partial charge in [0.2, 0.25) is 0 Å². The maximum absolute atomic E-state index is 13.2. The highest BCUT2D eigenvalue weighted by Gasteiger charge is 2.32. The van der Waals surface area contributed by atoms with E-state index in [1.165, 1.54) is 22.3 Å². The molecule has 2 heteroatoms. The van der Waals surface area contributed by atoms with Crippen LogP contribution in [0.15, 0.2) is 46.2 Å². The Labute approximate surface area is 143 Å². The lowest BCUT2D eigenvalue weighted by Crippen LogP contribution is -2.18. The SMILES string of the molecule is CCC(C)c1cc2c(c(C(C)CC)c1)[S+]([O-])c1ccccc1C2. The summed E-state index contributed by atoms with van der Waals surface area (Å²) in [6.45, 7) is 9.00. The molecule has 0 radical (unpaired) electrons. The Morgan fingerprint density at radius 2 is 1.70 bits per heavy atom. The second kappa shape index (κ2) is 6.70. The Morgan fingerprint density at radius 1 is 1.00 bits per heavy atom. The van der Waals surface area contributed by atoms with E-state index in [0.717, 1.165) is 29.1 Å². The summed E-state index contributed by atoms with van der Waals surface area (Å²) in [5.41, 5.74) is 5.19. The highest BCUT2D eigenvalue weighted by atomic mass is 32.2. The van der Waals surface area contributed by atoms with Gasteiger partial charge in [0.25, 0.3) is 0 Å². The number of hydrogen-bond donors (Lipinski definition) is 0. The zero-order valence-electron chi connectivity index (χ0n) is 14.6. The van der Waals surface area contributed by atoms with Crippen LogP contribution >= 0.6 is 0 Å². The molecule has 3 unspecified atom stereocenters. The summed E-state index contributed by atoms with van der Waals surface area (Å²) >= 11 is -1.05. The molecule has 0 fully saturated rings. The Kier molecular flexibility index (Phi) is 4.84. The van der Waals surface area contributed by atoms with Gasteiger partial charge in [-0.1, -0.05) is 58.0 Å². The van der Waals surface area contributed by atoms with Crippen LogP contribution in [0.25, 0.3) is 0 Å². The molecule has 0 spiro atoms. The quantitative estimate of drug-likeness (QED) is 0.653. The maximum Gasteiger partial charge on any atom is 0.165 e. The van der Waals surface area contributed by atoms with Crippen LogP contribution in [0, 0.1) is 0 Å². The van der Waals surface area contributed by atoms with Gasteiger partial charge in [-0.3, -0.25) is 0 Å². The van der Waals surface area contributed by atoms with Gasteiger partial charge < -0.3 is 4.55 Å². The Morgan fingerprint density at radius 3 is 2.39 bits per heavy atom. The van der Waals surface area contributed by atoms with Crippen LogP contribution in [0.1, 0.15) is 74.6 Å². The molecule has 0 bridgehead atoms. The first-order chi connectivity index (χ1) is 11.1. The molecule has 0 aromatic heterocycles. The third-order valence-electron chi connectivity index (χ3n) is 5.28. The van der Waals surface area contributed by atoms with Crippen molar-refractivity contribution in [2.75, 3.05) is 0 Å². The Bertz CT molecular complexity index is 707. The fraction of sp³-hybridized carbons (Fsp3) is 0.429. The lowest BCUT2D eigenvalue weighted by molar-refractivity contribution is 0.585. The highest BCUT2D eigenvalue weighted by molar-refractivity contribution is 7.91. The second-order valence-electron chi connectivity index (χ2n) is 6.77. The summed E-state index contributed by atoms with van der Waals surface area (Å²) in [6, 6.07) is 12.8. The number of fused-ring (bicyclic) bond motifs is 2. The minimum Gasteiger partial charge on any atom is -0.606 e. The van der Waals surface area contributed by atoms with E-state index in [-0.39, 0.29) is 0 Å². The lowest BCUT2D eigenvalue weighted by atomic mass is 9.88. The number of rotatable bonds is 4. The van der Waals surface area contributed by atoms with E-state index in [1.54, 1.807) is 0 Å². The summed E-state index contributed by atoms with van der Waals surface area (Å²) < 4.78 is 13.2. The minimum absolute atomic E-state index is 0.446. The summed E-state index contributed by atoms with van der Waals surface area (Å²) in [6.07, 6.45) is 3.12. The topological polar surface area (TPSA) is 23.1 Å². The average molecular weight is 327 g/mol. The Balaban J connectivity index is 2.18. The van der Waals surface area contributed by atoms with Crippen LogP contribution in [0.3, 0.4) is 0 Å². The molecule has 0 saturated carbocycles. The molecule has 1 nitrogen and oxygen atoms in total. The number of hydrogen-bond acceptors (Lipinski definition) is 1. The molecule has 1 aliphatic rings. The third kappa shape index (κ3) is 2.95. The van der Waals surface area contributed by atoms with Crippen LogP contribution in [-0.2, 0) is 17.6 Å². The van der Waals surface area contributed by atoms with Gasteiger partial charge in [-0.25, -0.2) is 0 Å². The van der Waals surface area contributed by atoms with Gasteiger partial charge in [-0.2, -0.15) is 0 Å². The standard InChI is InChI=1S/C21H26OS/c1-5-14(3)17-12-18-11-16-9-7-8-10-20(16)23(22)21(18)19(13-17)15(4)6-2/h7-10,12-15H,5-6,11H2,1-4H3. The molecule has 3 rings (SSSR count). The van der Waals surface area contributed by atoms with E-state index in [9.17, 15) is 4.55 Å². The molecular formula is C21H26OS. The summed E-state index contributed by atoms with van der Waals surface area (Å²) in [5.74, 6) is 0.996. The molecule has 2 aromatic rings. The van der Waals surface area contributed by atoms with Gasteiger partial charge in [-0.05, 0) is 36.3 Å². The van der Waals surface area contributed by atoms with Gasteiger partial charge in [0.05, 0.1) is 0 Å². The molecule has 3 atom stereocenters. The van der Waals surface area contributed by atoms with E-state index in [0.29, 0.717) is 11.8 Å². The first-order valence-corrected chi connectivity index (χ1v) is 9.88. The fourth-order valence-electron chi connectivity index (χ4n) is 3.35. The van der Waals surface area contributed by atoms with Crippen LogP contribution in [0.2, 0.25) is 0 Å². The summed E-state index contributed by atoms with van der Waals surface area (Å²) in [7, 11) is 0. The molecular weight excluding hydrogens is 300 g/mol. The van der Waals surface area contributed by atoms with Crippen LogP contribution in [-0.4, -0.2) is 4.55 Å². The second-order valence-corrected chi connectivity index (χ2v) is 8.16. The van der Waals surface area contributed by atoms with Gasteiger partial charge in [0.15, 0.2) is 9.79 Å². The predicted octanol–water partition coefficient (Wildman–Crippen LogP) is 5.78. The van der Waals surface area contributed by atoms with E-state index < -0.39 is 11.2 Å². The number of benzene rings is 2. The van der Waals surface area contributed by atoms with Crippen LogP contribution in [0.4, 0.5) is 0 Å². The van der Waals surface area contributed by atoms with E-state index in [4.69, 9.17) is 0 Å². The van der Waals surface area contributed by atoms with Gasteiger partial charge in [0, 0.05) is 34.3 Å². The maximum atomic E-state index is 13.2. The predicted molar refractivity (Wildman–Crippen MR) is 97.8 cm³/mol. The molecule has 122 valence electrons. The molecule has 0 saturated heterocycles. The first-order valence-electron chi connectivity index (χ1n) is 8.73. The Hall–Kier alpha value is -1.25. The molecule has 0 aliphatic carbocycles. The lowest BCUT2D eigenvalue weighted by Gasteiger charge is -2.27. The highest BCUT2D eigenvalue weighted by Crippen LogP contribution is 2.41. The van der Waals surface area contributed by atoms with Crippen molar-refractivity contribution in [3.63, 3.8) is 0 Å². The minimum atomic E-state index is -1.05. The van der Waals surface area contributed by atoms with Crippen molar-refractivity contribution >= 4 is 11.2 Å². The van der Waals surface area contributed by atoms with E-state index in [2.05, 4.69) is 52.0 Å². The van der Waals surface area contributed by atoms with Crippen molar-refractivity contribution in [2.45, 2.75) is 68.6 Å². The third-order valence-corrected chi connectivity index (χ3v) is 6.95. The zero-order valence-corrected chi connectivity index (χ0v) is 15.4. The van der Waals surface area contributed by atoms with E-state index >= 15 is 0 Å². The van der Waals surface area contributed by atoms with Crippen molar-refractivity contribution in [3.05, 3.63) is 58.7 Å². The fourth-order valence-corrected chi connectivity index (χ4v) is 4.99. The smallest absolute Gasteiger partial charge is 0.165 e. The van der Waals surface area contributed by atoms with Gasteiger partial charge in [0.1, 0.15) is 0 Å². The molecule has 0 amide bonds. The van der Waals surface area contributed by atoms with Crippen molar-refractivity contribution in [1.82, 2.24) is 0 Å². The van der Waals surface area contributed by atoms with Crippen LogP contribution < -0.4 is 0 Å². The van der Waals surface area contributed by atoms with Crippen molar-refractivity contribution in [3.8, 4) is 0 Å². The van der Waals surface area contributed by atoms with Gasteiger partial charge in [-0.15, -0.1) is 0 Å². The first kappa shape index (κ1) is 16.6. The van der Waals surface area contributed by atoms with Crippen molar-refractivity contribution in [2.24, 2.45) is 0 Å².